The summed E-state index contributed by atoms with van der Waals surface area (Å²) in [6.45, 7) is 2.24. The van der Waals surface area contributed by atoms with Crippen LogP contribution in [-0.2, 0) is 19.4 Å². The second-order valence-electron chi connectivity index (χ2n) is 6.22. The lowest BCUT2D eigenvalue weighted by Crippen LogP contribution is -2.48. The van der Waals surface area contributed by atoms with Gasteiger partial charge in [0.1, 0.15) is 0 Å². The van der Waals surface area contributed by atoms with Crippen LogP contribution >= 0.6 is 0 Å². The molecule has 0 aromatic heterocycles. The second-order valence-corrected chi connectivity index (χ2v) is 8.45. The minimum Gasteiger partial charge on any atom is -0.351 e. The third-order valence-corrected chi connectivity index (χ3v) is 6.28. The number of hydrogen-bond donors (Lipinski definition) is 2. The number of sulfone groups is 1. The molecule has 0 radical (unpaired) electrons. The molecule has 22 heavy (non-hydrogen) atoms. The number of rotatable bonds is 5. The van der Waals surface area contributed by atoms with Gasteiger partial charge in [-0.15, -0.1) is 0 Å². The molecule has 2 amide bonds. The molecule has 0 aromatic carbocycles. The number of nitrogens with one attached hydrogen (secondary N) is 1. The van der Waals surface area contributed by atoms with Crippen molar-refractivity contribution in [2.75, 3.05) is 24.6 Å². The van der Waals surface area contributed by atoms with E-state index in [1.54, 1.807) is 0 Å². The van der Waals surface area contributed by atoms with Gasteiger partial charge in [-0.25, -0.2) is 8.42 Å². The van der Waals surface area contributed by atoms with Crippen LogP contribution < -0.4 is 11.1 Å². The van der Waals surface area contributed by atoms with Gasteiger partial charge in [-0.05, 0) is 26.2 Å². The molecule has 7 nitrogen and oxygen atoms in total. The normalized spacial score (nSPS) is 30.2. The molecule has 1 aliphatic carbocycles. The smallest absolute Gasteiger partial charge is 0.239 e. The van der Waals surface area contributed by atoms with Crippen LogP contribution in [0.15, 0.2) is 0 Å². The highest BCUT2D eigenvalue weighted by Gasteiger charge is 2.34. The Bertz CT molecular complexity index is 534. The molecule has 1 saturated heterocycles. The van der Waals surface area contributed by atoms with E-state index in [1.807, 2.05) is 6.92 Å². The van der Waals surface area contributed by atoms with Crippen LogP contribution in [0, 0.1) is 5.92 Å². The molecule has 0 bridgehead atoms. The fourth-order valence-corrected chi connectivity index (χ4v) is 4.90. The molecule has 3 N–H and O–H groups in total. The lowest BCUT2D eigenvalue weighted by molar-refractivity contribution is -0.139. The zero-order chi connectivity index (χ0) is 16.3. The van der Waals surface area contributed by atoms with Crippen LogP contribution in [0.5, 0.6) is 0 Å². The molecular weight excluding hydrogens is 306 g/mol. The molecule has 1 heterocycles. The Hall–Kier alpha value is -1.15. The van der Waals surface area contributed by atoms with Gasteiger partial charge in [-0.1, -0.05) is 6.42 Å². The lowest BCUT2D eigenvalue weighted by Gasteiger charge is -2.26. The predicted molar refractivity (Wildman–Crippen MR) is 82.8 cm³/mol. The fourth-order valence-electron chi connectivity index (χ4n) is 3.23. The highest BCUT2D eigenvalue weighted by Crippen LogP contribution is 2.25. The van der Waals surface area contributed by atoms with Crippen LogP contribution in [0.1, 0.15) is 32.6 Å². The molecule has 0 aromatic rings. The quantitative estimate of drug-likeness (QED) is 0.690. The van der Waals surface area contributed by atoms with Gasteiger partial charge in [0, 0.05) is 18.6 Å². The first-order valence-electron chi connectivity index (χ1n) is 7.86. The second kappa shape index (κ2) is 6.95. The summed E-state index contributed by atoms with van der Waals surface area (Å²) in [7, 11) is -3.02. The van der Waals surface area contributed by atoms with Crippen LogP contribution in [0.2, 0.25) is 0 Å². The maximum absolute atomic E-state index is 12.4. The molecule has 2 fully saturated rings. The minimum atomic E-state index is -3.02. The van der Waals surface area contributed by atoms with E-state index in [0.29, 0.717) is 13.0 Å². The Labute approximate surface area is 131 Å². The number of hydrogen-bond acceptors (Lipinski definition) is 5. The number of carbonyl (C=O) groups excluding carboxylic acids is 2. The van der Waals surface area contributed by atoms with E-state index < -0.39 is 9.84 Å². The van der Waals surface area contributed by atoms with E-state index in [-0.39, 0.29) is 47.9 Å². The van der Waals surface area contributed by atoms with Crippen molar-refractivity contribution >= 4 is 21.7 Å². The maximum atomic E-state index is 12.4. The molecule has 126 valence electrons. The number of carbonyl (C=O) groups is 2. The highest BCUT2D eigenvalue weighted by atomic mass is 32.2. The van der Waals surface area contributed by atoms with Gasteiger partial charge in [0.25, 0.3) is 0 Å². The fraction of sp³-hybridized carbons (Fsp3) is 0.857. The third-order valence-electron chi connectivity index (χ3n) is 4.51. The molecule has 8 heteroatoms. The largest absolute Gasteiger partial charge is 0.351 e. The lowest BCUT2D eigenvalue weighted by atomic mass is 10.0. The van der Waals surface area contributed by atoms with E-state index in [2.05, 4.69) is 5.32 Å². The molecule has 1 saturated carbocycles. The van der Waals surface area contributed by atoms with E-state index in [4.69, 9.17) is 5.73 Å². The zero-order valence-electron chi connectivity index (χ0n) is 13.0. The van der Waals surface area contributed by atoms with Crippen molar-refractivity contribution in [1.29, 1.82) is 0 Å². The van der Waals surface area contributed by atoms with Crippen molar-refractivity contribution < 1.29 is 18.0 Å². The molecule has 2 rings (SSSR count). The van der Waals surface area contributed by atoms with Crippen LogP contribution in [-0.4, -0.2) is 61.8 Å². The topological polar surface area (TPSA) is 110 Å². The SMILES string of the molecule is CCN(CC(=O)NC1CCS(=O)(=O)C1)C(=O)C1CCCC1N. The van der Waals surface area contributed by atoms with E-state index in [1.165, 1.54) is 4.90 Å². The Morgan fingerprint density at radius 3 is 2.50 bits per heavy atom. The van der Waals surface area contributed by atoms with Gasteiger partial charge in [-0.2, -0.15) is 0 Å². The standard InChI is InChI=1S/C14H25N3O4S/c1-2-17(14(19)11-4-3-5-12(11)15)8-13(18)16-10-6-7-22(20,21)9-10/h10-12H,2-9,15H2,1H3,(H,16,18). The average Bonchev–Trinajstić information content (AvgIpc) is 3.01. The maximum Gasteiger partial charge on any atom is 0.239 e. The Kier molecular flexibility index (Phi) is 5.44. The first kappa shape index (κ1) is 17.2. The first-order valence-corrected chi connectivity index (χ1v) is 9.68. The molecule has 3 atom stereocenters. The number of likely N-dealkylation sites (N-methyl/N-ethyl adjacent to an activating group) is 1. The van der Waals surface area contributed by atoms with Crippen molar-refractivity contribution in [3.8, 4) is 0 Å². The highest BCUT2D eigenvalue weighted by molar-refractivity contribution is 7.91. The van der Waals surface area contributed by atoms with Gasteiger partial charge >= 0.3 is 0 Å². The minimum absolute atomic E-state index is 0.00763. The van der Waals surface area contributed by atoms with Crippen LogP contribution in [0.25, 0.3) is 0 Å². The summed E-state index contributed by atoms with van der Waals surface area (Å²) in [5.74, 6) is -0.456. The van der Waals surface area contributed by atoms with Gasteiger partial charge in [0.05, 0.1) is 24.0 Å². The van der Waals surface area contributed by atoms with Crippen molar-refractivity contribution in [1.82, 2.24) is 10.2 Å². The van der Waals surface area contributed by atoms with Gasteiger partial charge < -0.3 is 16.0 Å². The molecule has 3 unspecified atom stereocenters. The number of nitrogens with zero attached hydrogens (tertiary/aromatic N) is 1. The molecule has 1 aliphatic heterocycles. The molecule has 0 spiro atoms. The van der Waals surface area contributed by atoms with Crippen LogP contribution in [0.4, 0.5) is 0 Å². The van der Waals surface area contributed by atoms with E-state index in [0.717, 1.165) is 19.3 Å². The summed E-state index contributed by atoms with van der Waals surface area (Å²) in [5, 5.41) is 2.71. The molecule has 2 aliphatic rings. The summed E-state index contributed by atoms with van der Waals surface area (Å²) >= 11 is 0. The average molecular weight is 331 g/mol. The Morgan fingerprint density at radius 1 is 1.27 bits per heavy atom. The van der Waals surface area contributed by atoms with Crippen molar-refractivity contribution in [2.24, 2.45) is 11.7 Å². The molecular formula is C14H25N3O4S. The summed E-state index contributed by atoms with van der Waals surface area (Å²) in [4.78, 5) is 26.0. The van der Waals surface area contributed by atoms with E-state index >= 15 is 0 Å². The zero-order valence-corrected chi connectivity index (χ0v) is 13.8. The van der Waals surface area contributed by atoms with Crippen molar-refractivity contribution in [3.05, 3.63) is 0 Å². The summed E-state index contributed by atoms with van der Waals surface area (Å²) in [5.41, 5.74) is 5.95. The predicted octanol–water partition coefficient (Wildman–Crippen LogP) is -0.734. The summed E-state index contributed by atoms with van der Waals surface area (Å²) in [6, 6.07) is -0.454. The van der Waals surface area contributed by atoms with Crippen molar-refractivity contribution in [3.63, 3.8) is 0 Å². The Balaban J connectivity index is 1.87. The Morgan fingerprint density at radius 2 is 2.00 bits per heavy atom. The summed E-state index contributed by atoms with van der Waals surface area (Å²) < 4.78 is 22.8. The van der Waals surface area contributed by atoms with Gasteiger partial charge in [0.15, 0.2) is 9.84 Å². The number of amides is 2. The van der Waals surface area contributed by atoms with Crippen LogP contribution in [0.3, 0.4) is 0 Å². The number of nitrogens with two attached hydrogens (primary N) is 1. The van der Waals surface area contributed by atoms with Crippen molar-refractivity contribution in [2.45, 2.75) is 44.7 Å². The summed E-state index contributed by atoms with van der Waals surface area (Å²) in [6.07, 6.45) is 3.02. The van der Waals surface area contributed by atoms with Gasteiger partial charge in [0.2, 0.25) is 11.8 Å². The first-order chi connectivity index (χ1) is 10.3. The monoisotopic (exact) mass is 331 g/mol. The third kappa shape index (κ3) is 4.19. The van der Waals surface area contributed by atoms with Gasteiger partial charge in [-0.3, -0.25) is 9.59 Å². The van der Waals surface area contributed by atoms with E-state index in [9.17, 15) is 18.0 Å².